The van der Waals surface area contributed by atoms with Crippen LogP contribution >= 0.6 is 0 Å². The number of rotatable bonds is 7. The van der Waals surface area contributed by atoms with Gasteiger partial charge < -0.3 is 10.0 Å². The lowest BCUT2D eigenvalue weighted by molar-refractivity contribution is -0.384. The molecule has 0 radical (unpaired) electrons. The van der Waals surface area contributed by atoms with Gasteiger partial charge in [0.1, 0.15) is 5.69 Å². The van der Waals surface area contributed by atoms with Crippen molar-refractivity contribution in [1.29, 1.82) is 0 Å². The maximum Gasteiger partial charge on any atom is 0.305 e. The molecule has 0 bridgehead atoms. The number of nitro groups is 1. The number of nitrogens with zero attached hydrogens (tertiary/aromatic N) is 4. The Kier molecular flexibility index (Phi) is 6.24. The van der Waals surface area contributed by atoms with Crippen molar-refractivity contribution >= 4 is 17.6 Å². The Labute approximate surface area is 160 Å². The van der Waals surface area contributed by atoms with Crippen LogP contribution in [0.5, 0.6) is 0 Å². The van der Waals surface area contributed by atoms with Crippen molar-refractivity contribution in [3.05, 3.63) is 62.1 Å². The molecule has 148 valence electrons. The molecule has 0 saturated carbocycles. The molecule has 0 aliphatic carbocycles. The third kappa shape index (κ3) is 4.40. The molecule has 0 aliphatic heterocycles. The van der Waals surface area contributed by atoms with E-state index in [0.717, 1.165) is 0 Å². The van der Waals surface area contributed by atoms with Crippen molar-refractivity contribution < 1.29 is 19.6 Å². The molecule has 28 heavy (non-hydrogen) atoms. The maximum absolute atomic E-state index is 12.9. The van der Waals surface area contributed by atoms with Crippen LogP contribution in [0, 0.1) is 17.0 Å². The highest BCUT2D eigenvalue weighted by Crippen LogP contribution is 2.22. The number of aliphatic carboxylic acids is 1. The molecule has 1 aromatic heterocycles. The summed E-state index contributed by atoms with van der Waals surface area (Å²) in [6, 6.07) is 6.64. The molecule has 0 aliphatic rings. The third-order valence-electron chi connectivity index (χ3n) is 4.07. The third-order valence-corrected chi connectivity index (χ3v) is 4.07. The highest BCUT2D eigenvalue weighted by atomic mass is 16.6. The summed E-state index contributed by atoms with van der Waals surface area (Å²) < 4.78 is 1.17. The molecule has 1 amide bonds. The van der Waals surface area contributed by atoms with Crippen LogP contribution in [0.25, 0.3) is 5.69 Å². The molecule has 0 atom stereocenters. The summed E-state index contributed by atoms with van der Waals surface area (Å²) >= 11 is 0. The number of carbonyl (C=O) groups is 2. The van der Waals surface area contributed by atoms with Crippen LogP contribution in [0.4, 0.5) is 5.69 Å². The number of hydrogen-bond donors (Lipinski definition) is 1. The number of hydrogen-bond acceptors (Lipinski definition) is 6. The minimum Gasteiger partial charge on any atom is -0.481 e. The van der Waals surface area contributed by atoms with Crippen molar-refractivity contribution in [2.24, 2.45) is 0 Å². The van der Waals surface area contributed by atoms with Crippen LogP contribution in [-0.4, -0.2) is 49.2 Å². The number of aryl methyl sites for hydroxylation is 1. The van der Waals surface area contributed by atoms with Gasteiger partial charge >= 0.3 is 5.97 Å². The molecule has 1 aromatic carbocycles. The number of aromatic nitrogens is 2. The molecule has 10 nitrogen and oxygen atoms in total. The summed E-state index contributed by atoms with van der Waals surface area (Å²) in [6.45, 7) is 4.83. The van der Waals surface area contributed by atoms with Gasteiger partial charge in [-0.15, -0.1) is 0 Å². The van der Waals surface area contributed by atoms with E-state index in [1.54, 1.807) is 26.8 Å². The van der Waals surface area contributed by atoms with Crippen LogP contribution in [0.2, 0.25) is 0 Å². The molecule has 0 fully saturated rings. The first-order chi connectivity index (χ1) is 13.1. The zero-order valence-electron chi connectivity index (χ0n) is 15.7. The number of carboxylic acid groups (broad SMARTS) is 1. The maximum atomic E-state index is 12.9. The summed E-state index contributed by atoms with van der Waals surface area (Å²) in [5.41, 5.74) is -0.869. The van der Waals surface area contributed by atoms with E-state index >= 15 is 0 Å². The first kappa shape index (κ1) is 20.7. The Balaban J connectivity index is 2.57. The number of benzene rings is 1. The van der Waals surface area contributed by atoms with E-state index in [1.165, 1.54) is 33.8 Å². The van der Waals surface area contributed by atoms with E-state index in [2.05, 4.69) is 5.10 Å². The lowest BCUT2D eigenvalue weighted by Gasteiger charge is -2.25. The van der Waals surface area contributed by atoms with Crippen molar-refractivity contribution in [3.63, 3.8) is 0 Å². The van der Waals surface area contributed by atoms with Crippen LogP contribution in [0.1, 0.15) is 36.5 Å². The zero-order valence-corrected chi connectivity index (χ0v) is 15.7. The van der Waals surface area contributed by atoms with E-state index in [9.17, 15) is 24.5 Å². The second kappa shape index (κ2) is 8.42. The van der Waals surface area contributed by atoms with Crippen molar-refractivity contribution in [3.8, 4) is 5.69 Å². The van der Waals surface area contributed by atoms with E-state index in [-0.39, 0.29) is 30.4 Å². The Morgan fingerprint density at radius 1 is 1.32 bits per heavy atom. The summed E-state index contributed by atoms with van der Waals surface area (Å²) in [5.74, 6) is -1.80. The molecule has 0 unspecified atom stereocenters. The van der Waals surface area contributed by atoms with Gasteiger partial charge in [0, 0.05) is 30.4 Å². The fourth-order valence-electron chi connectivity index (χ4n) is 2.68. The number of para-hydroxylation sites is 2. The van der Waals surface area contributed by atoms with Gasteiger partial charge in [-0.05, 0) is 26.8 Å². The minimum atomic E-state index is -1.08. The van der Waals surface area contributed by atoms with Gasteiger partial charge in [-0.2, -0.15) is 5.10 Å². The molecule has 1 N–H and O–H groups in total. The van der Waals surface area contributed by atoms with E-state index in [4.69, 9.17) is 5.11 Å². The zero-order chi connectivity index (χ0) is 21.0. The van der Waals surface area contributed by atoms with Crippen LogP contribution in [0.3, 0.4) is 0 Å². The Bertz CT molecular complexity index is 982. The monoisotopic (exact) mass is 388 g/mol. The number of carboxylic acids is 1. The molecule has 2 rings (SSSR count). The van der Waals surface area contributed by atoms with E-state index < -0.39 is 27.9 Å². The molecule has 2 aromatic rings. The summed E-state index contributed by atoms with van der Waals surface area (Å²) in [5, 5.41) is 24.3. The first-order valence-electron chi connectivity index (χ1n) is 8.51. The second-order valence-corrected chi connectivity index (χ2v) is 6.39. The Morgan fingerprint density at radius 3 is 2.54 bits per heavy atom. The molecular weight excluding hydrogens is 368 g/mol. The average molecular weight is 388 g/mol. The quantitative estimate of drug-likeness (QED) is 0.564. The lowest BCUT2D eigenvalue weighted by Crippen LogP contribution is -2.41. The van der Waals surface area contributed by atoms with Gasteiger partial charge in [0.15, 0.2) is 5.69 Å². The van der Waals surface area contributed by atoms with Gasteiger partial charge in [-0.3, -0.25) is 24.5 Å². The second-order valence-electron chi connectivity index (χ2n) is 6.39. The minimum absolute atomic E-state index is 0.0910. The summed E-state index contributed by atoms with van der Waals surface area (Å²) in [4.78, 5) is 48.0. The van der Waals surface area contributed by atoms with Crippen molar-refractivity contribution in [2.45, 2.75) is 33.2 Å². The van der Waals surface area contributed by atoms with E-state index in [0.29, 0.717) is 5.69 Å². The Morgan fingerprint density at radius 2 is 1.96 bits per heavy atom. The average Bonchev–Trinajstić information content (AvgIpc) is 2.61. The highest BCUT2D eigenvalue weighted by molar-refractivity contribution is 5.92. The largest absolute Gasteiger partial charge is 0.481 e. The molecule has 0 spiro atoms. The normalized spacial score (nSPS) is 10.7. The molecule has 10 heteroatoms. The number of amides is 1. The number of carbonyl (C=O) groups excluding carboxylic acids is 1. The van der Waals surface area contributed by atoms with Crippen molar-refractivity contribution in [1.82, 2.24) is 14.7 Å². The SMILES string of the molecule is Cc1cc(=O)c(C(=O)N(CCC(=O)O)C(C)C)nn1-c1ccccc1[N+](=O)[O-]. The predicted octanol–water partition coefficient (Wildman–Crippen LogP) is 1.77. The van der Waals surface area contributed by atoms with Crippen molar-refractivity contribution in [2.75, 3.05) is 6.54 Å². The topological polar surface area (TPSA) is 136 Å². The molecular formula is C18H20N4O6. The van der Waals surface area contributed by atoms with Gasteiger partial charge in [-0.1, -0.05) is 12.1 Å². The Hall–Kier alpha value is -3.56. The van der Waals surface area contributed by atoms with Gasteiger partial charge in [0.2, 0.25) is 5.43 Å². The van der Waals surface area contributed by atoms with E-state index in [1.807, 2.05) is 0 Å². The van der Waals surface area contributed by atoms with Crippen LogP contribution in [0.15, 0.2) is 35.1 Å². The van der Waals surface area contributed by atoms with Gasteiger partial charge in [0.05, 0.1) is 11.3 Å². The highest BCUT2D eigenvalue weighted by Gasteiger charge is 2.25. The van der Waals surface area contributed by atoms with Gasteiger partial charge in [-0.25, -0.2) is 4.68 Å². The lowest BCUT2D eigenvalue weighted by atomic mass is 10.2. The number of nitro benzene ring substituents is 1. The standard InChI is InChI=1S/C18H20N4O6/c1-11(2)20(9-8-16(24)25)18(26)17-15(23)10-12(3)21(19-17)13-6-4-5-7-14(13)22(27)28/h4-7,10-11H,8-9H2,1-3H3,(H,24,25). The fourth-order valence-corrected chi connectivity index (χ4v) is 2.68. The molecule has 0 saturated heterocycles. The summed E-state index contributed by atoms with van der Waals surface area (Å²) in [7, 11) is 0. The predicted molar refractivity (Wildman–Crippen MR) is 99.7 cm³/mol. The smallest absolute Gasteiger partial charge is 0.305 e. The first-order valence-corrected chi connectivity index (χ1v) is 8.51. The van der Waals surface area contributed by atoms with Crippen LogP contribution < -0.4 is 5.43 Å². The fraction of sp³-hybridized carbons (Fsp3) is 0.333. The molecule has 1 heterocycles. The van der Waals surface area contributed by atoms with Crippen LogP contribution in [-0.2, 0) is 4.79 Å². The summed E-state index contributed by atoms with van der Waals surface area (Å²) in [6.07, 6.45) is -0.284. The van der Waals surface area contributed by atoms with Gasteiger partial charge in [0.25, 0.3) is 11.6 Å².